The van der Waals surface area contributed by atoms with Crippen molar-refractivity contribution in [3.8, 4) is 0 Å². The van der Waals surface area contributed by atoms with Gasteiger partial charge >= 0.3 is 0 Å². The molecule has 0 aliphatic carbocycles. The summed E-state index contributed by atoms with van der Waals surface area (Å²) in [5, 5.41) is 7.23. The number of sulfonamides is 1. The van der Waals surface area contributed by atoms with Crippen LogP contribution in [0.4, 0.5) is 0 Å². The standard InChI is InChI=1S/C20H24N6O4S/c1-24-19-17(12-23-24)20(28)25(14-22-19)13-18(27)21-11-15-7-9-26(10-8-15)31(29,30)16-5-3-2-4-6-16/h2-6,12,14-15H,7-11,13H2,1H3,(H,21,27). The summed E-state index contributed by atoms with van der Waals surface area (Å²) in [4.78, 5) is 29.3. The molecule has 0 saturated carbocycles. The molecule has 0 unspecified atom stereocenters. The molecule has 2 aromatic heterocycles. The number of hydrogen-bond acceptors (Lipinski definition) is 6. The van der Waals surface area contributed by atoms with Crippen LogP contribution < -0.4 is 10.9 Å². The quantitative estimate of drug-likeness (QED) is 0.586. The third kappa shape index (κ3) is 4.37. The minimum absolute atomic E-state index is 0.127. The zero-order valence-electron chi connectivity index (χ0n) is 17.1. The normalized spacial score (nSPS) is 15.9. The van der Waals surface area contributed by atoms with Crippen LogP contribution in [0.2, 0.25) is 0 Å². The highest BCUT2D eigenvalue weighted by molar-refractivity contribution is 7.89. The van der Waals surface area contributed by atoms with Crippen LogP contribution in [0.25, 0.3) is 11.0 Å². The monoisotopic (exact) mass is 444 g/mol. The molecule has 1 amide bonds. The van der Waals surface area contributed by atoms with Crippen LogP contribution >= 0.6 is 0 Å². The smallest absolute Gasteiger partial charge is 0.264 e. The minimum atomic E-state index is -3.48. The Morgan fingerprint density at radius 3 is 2.61 bits per heavy atom. The molecule has 10 nitrogen and oxygen atoms in total. The number of aromatic nitrogens is 4. The van der Waals surface area contributed by atoms with E-state index in [1.54, 1.807) is 37.4 Å². The lowest BCUT2D eigenvalue weighted by molar-refractivity contribution is -0.122. The number of aryl methyl sites for hydroxylation is 1. The van der Waals surface area contributed by atoms with Crippen LogP contribution in [0.1, 0.15) is 12.8 Å². The van der Waals surface area contributed by atoms with E-state index in [1.807, 2.05) is 0 Å². The largest absolute Gasteiger partial charge is 0.354 e. The molecule has 1 aliphatic heterocycles. The molecule has 0 bridgehead atoms. The van der Waals surface area contributed by atoms with Gasteiger partial charge in [0.2, 0.25) is 15.9 Å². The fraction of sp³-hybridized carbons (Fsp3) is 0.400. The van der Waals surface area contributed by atoms with Crippen LogP contribution in [0.3, 0.4) is 0 Å². The third-order valence-corrected chi connectivity index (χ3v) is 7.49. The summed E-state index contributed by atoms with van der Waals surface area (Å²) in [6.07, 6.45) is 4.11. The van der Waals surface area contributed by atoms with E-state index in [1.165, 1.54) is 26.1 Å². The van der Waals surface area contributed by atoms with E-state index in [0.717, 1.165) is 0 Å². The highest BCUT2D eigenvalue weighted by Crippen LogP contribution is 2.23. The van der Waals surface area contributed by atoms with Crippen molar-refractivity contribution in [2.45, 2.75) is 24.3 Å². The predicted molar refractivity (Wildman–Crippen MR) is 114 cm³/mol. The van der Waals surface area contributed by atoms with Gasteiger partial charge in [-0.3, -0.25) is 18.8 Å². The Bertz CT molecular complexity index is 1240. The first-order chi connectivity index (χ1) is 14.9. The molecular weight excluding hydrogens is 420 g/mol. The van der Waals surface area contributed by atoms with E-state index in [9.17, 15) is 18.0 Å². The van der Waals surface area contributed by atoms with Gasteiger partial charge in [-0.2, -0.15) is 9.40 Å². The second-order valence-corrected chi connectivity index (χ2v) is 9.59. The number of rotatable bonds is 6. The molecule has 1 aromatic carbocycles. The van der Waals surface area contributed by atoms with Crippen LogP contribution in [-0.2, 0) is 28.4 Å². The molecule has 1 fully saturated rings. The SMILES string of the molecule is Cn1ncc2c(=O)n(CC(=O)NCC3CCN(S(=O)(=O)c4ccccc4)CC3)cnc21. The van der Waals surface area contributed by atoms with Gasteiger partial charge in [0.15, 0.2) is 5.65 Å². The van der Waals surface area contributed by atoms with Gasteiger partial charge in [0, 0.05) is 26.7 Å². The van der Waals surface area contributed by atoms with Crippen LogP contribution in [0.15, 0.2) is 52.5 Å². The fourth-order valence-electron chi connectivity index (χ4n) is 3.74. The fourth-order valence-corrected chi connectivity index (χ4v) is 5.23. The minimum Gasteiger partial charge on any atom is -0.354 e. The highest BCUT2D eigenvalue weighted by Gasteiger charge is 2.29. The van der Waals surface area contributed by atoms with E-state index in [-0.39, 0.29) is 23.9 Å². The van der Waals surface area contributed by atoms with Gasteiger partial charge in [-0.1, -0.05) is 18.2 Å². The van der Waals surface area contributed by atoms with Gasteiger partial charge in [0.05, 0.1) is 11.1 Å². The number of hydrogen-bond donors (Lipinski definition) is 1. The number of benzene rings is 1. The molecule has 0 spiro atoms. The summed E-state index contributed by atoms with van der Waals surface area (Å²) in [6, 6.07) is 8.40. The topological polar surface area (TPSA) is 119 Å². The number of nitrogens with one attached hydrogen (secondary N) is 1. The van der Waals surface area contributed by atoms with E-state index >= 15 is 0 Å². The number of piperidine rings is 1. The molecule has 1 saturated heterocycles. The summed E-state index contributed by atoms with van der Waals surface area (Å²) in [5.41, 5.74) is 0.159. The second-order valence-electron chi connectivity index (χ2n) is 7.65. The van der Waals surface area contributed by atoms with Gasteiger partial charge in [0.1, 0.15) is 18.3 Å². The van der Waals surface area contributed by atoms with Gasteiger partial charge in [-0.05, 0) is 30.9 Å². The average Bonchev–Trinajstić information content (AvgIpc) is 3.16. The summed E-state index contributed by atoms with van der Waals surface area (Å²) >= 11 is 0. The summed E-state index contributed by atoms with van der Waals surface area (Å²) in [5.74, 6) is -0.103. The molecule has 1 aliphatic rings. The Kier molecular flexibility index (Phi) is 5.88. The summed E-state index contributed by atoms with van der Waals surface area (Å²) < 4.78 is 29.7. The third-order valence-electron chi connectivity index (χ3n) is 5.57. The lowest BCUT2D eigenvalue weighted by Crippen LogP contribution is -2.42. The molecule has 0 radical (unpaired) electrons. The number of nitrogens with zero attached hydrogens (tertiary/aromatic N) is 5. The highest BCUT2D eigenvalue weighted by atomic mass is 32.2. The molecule has 11 heteroatoms. The maximum absolute atomic E-state index is 12.7. The Morgan fingerprint density at radius 1 is 1.19 bits per heavy atom. The first-order valence-corrected chi connectivity index (χ1v) is 11.5. The summed E-state index contributed by atoms with van der Waals surface area (Å²) in [6.45, 7) is 1.14. The predicted octanol–water partition coefficient (Wildman–Crippen LogP) is 0.347. The summed E-state index contributed by atoms with van der Waals surface area (Å²) in [7, 11) is -1.79. The Balaban J connectivity index is 1.29. The Morgan fingerprint density at radius 2 is 1.90 bits per heavy atom. The second kappa shape index (κ2) is 8.60. The molecule has 3 aromatic rings. The molecule has 0 atom stereocenters. The zero-order valence-corrected chi connectivity index (χ0v) is 18.0. The van der Waals surface area contributed by atoms with E-state index in [0.29, 0.717) is 48.4 Å². The van der Waals surface area contributed by atoms with Crippen molar-refractivity contribution in [2.24, 2.45) is 13.0 Å². The lowest BCUT2D eigenvalue weighted by atomic mass is 9.98. The van der Waals surface area contributed by atoms with Gasteiger partial charge in [-0.15, -0.1) is 0 Å². The van der Waals surface area contributed by atoms with Crippen molar-refractivity contribution in [2.75, 3.05) is 19.6 Å². The number of fused-ring (bicyclic) bond motifs is 1. The molecule has 1 N–H and O–H groups in total. The molecule has 164 valence electrons. The number of amides is 1. The van der Waals surface area contributed by atoms with Crippen molar-refractivity contribution < 1.29 is 13.2 Å². The van der Waals surface area contributed by atoms with Crippen LogP contribution in [-0.4, -0.2) is 57.6 Å². The van der Waals surface area contributed by atoms with Gasteiger partial charge in [-0.25, -0.2) is 13.4 Å². The maximum Gasteiger partial charge on any atom is 0.264 e. The van der Waals surface area contributed by atoms with Crippen molar-refractivity contribution in [1.29, 1.82) is 0 Å². The number of carbonyl (C=O) groups is 1. The first kappa shape index (κ1) is 21.2. The Labute approximate surface area is 179 Å². The molecule has 4 rings (SSSR count). The average molecular weight is 445 g/mol. The van der Waals surface area contributed by atoms with E-state index in [2.05, 4.69) is 15.4 Å². The van der Waals surface area contributed by atoms with Crippen LogP contribution in [0, 0.1) is 5.92 Å². The lowest BCUT2D eigenvalue weighted by Gasteiger charge is -2.31. The van der Waals surface area contributed by atoms with Crippen molar-refractivity contribution in [1.82, 2.24) is 29.0 Å². The molecule has 3 heterocycles. The first-order valence-electron chi connectivity index (χ1n) is 10.1. The number of carbonyl (C=O) groups excluding carboxylic acids is 1. The van der Waals surface area contributed by atoms with Gasteiger partial charge in [0.25, 0.3) is 5.56 Å². The molecular formula is C20H24N6O4S. The van der Waals surface area contributed by atoms with Crippen molar-refractivity contribution >= 4 is 27.0 Å². The zero-order chi connectivity index (χ0) is 22.0. The maximum atomic E-state index is 12.7. The molecule has 31 heavy (non-hydrogen) atoms. The van der Waals surface area contributed by atoms with E-state index in [4.69, 9.17) is 0 Å². The van der Waals surface area contributed by atoms with Crippen molar-refractivity contribution in [3.63, 3.8) is 0 Å². The van der Waals surface area contributed by atoms with Crippen LogP contribution in [0.5, 0.6) is 0 Å². The van der Waals surface area contributed by atoms with E-state index < -0.39 is 10.0 Å². The Hall–Kier alpha value is -3.05. The van der Waals surface area contributed by atoms with Crippen molar-refractivity contribution in [3.05, 3.63) is 53.2 Å². The van der Waals surface area contributed by atoms with Gasteiger partial charge < -0.3 is 5.32 Å².